The Morgan fingerprint density at radius 3 is 2.35 bits per heavy atom. The molecular weight excluding hydrogens is 418 g/mol. The fourth-order valence-corrected chi connectivity index (χ4v) is 3.94. The second kappa shape index (κ2) is 8.93. The number of aromatic nitrogens is 2. The highest BCUT2D eigenvalue weighted by Crippen LogP contribution is 2.37. The molecule has 0 saturated heterocycles. The van der Waals surface area contributed by atoms with Crippen LogP contribution in [0.1, 0.15) is 44.2 Å². The minimum Gasteiger partial charge on any atom is -0.351 e. The van der Waals surface area contributed by atoms with E-state index in [0.717, 1.165) is 36.2 Å². The Hall–Kier alpha value is -3.13. The van der Waals surface area contributed by atoms with Crippen LogP contribution in [0.3, 0.4) is 0 Å². The molecule has 1 atom stereocenters. The van der Waals surface area contributed by atoms with E-state index in [1.54, 1.807) is 24.3 Å². The molecule has 0 aliphatic carbocycles. The molecule has 5 nitrogen and oxygen atoms in total. The van der Waals surface area contributed by atoms with E-state index >= 15 is 0 Å². The van der Waals surface area contributed by atoms with Crippen molar-refractivity contribution in [2.24, 2.45) is 0 Å². The van der Waals surface area contributed by atoms with Gasteiger partial charge in [-0.25, -0.2) is 8.78 Å². The van der Waals surface area contributed by atoms with Crippen LogP contribution in [0.2, 0.25) is 0 Å². The number of nitrogens with one attached hydrogen (secondary N) is 1. The summed E-state index contributed by atoms with van der Waals surface area (Å²) in [6.07, 6.45) is 2.00. The number of hydrogen-bond donors (Lipinski definition) is 1. The van der Waals surface area contributed by atoms with Gasteiger partial charge in [-0.05, 0) is 67.5 Å². The van der Waals surface area contributed by atoms with E-state index in [9.17, 15) is 8.78 Å². The maximum absolute atomic E-state index is 13.5. The Bertz CT molecular complexity index is 1110. The summed E-state index contributed by atoms with van der Waals surface area (Å²) in [5, 5.41) is 8.04. The molecule has 4 rings (SSSR count). The summed E-state index contributed by atoms with van der Waals surface area (Å²) in [4.78, 5) is 6.60. The van der Waals surface area contributed by atoms with Crippen molar-refractivity contribution >= 4 is 22.9 Å². The monoisotopic (exact) mass is 440 g/mol. The van der Waals surface area contributed by atoms with E-state index in [0.29, 0.717) is 22.4 Å². The van der Waals surface area contributed by atoms with Gasteiger partial charge in [0, 0.05) is 17.8 Å². The van der Waals surface area contributed by atoms with Crippen LogP contribution in [0.5, 0.6) is 0 Å². The zero-order valence-electron chi connectivity index (χ0n) is 17.2. The van der Waals surface area contributed by atoms with Gasteiger partial charge in [-0.1, -0.05) is 30.6 Å². The number of nitrogens with zero attached hydrogens (tertiary/aromatic N) is 3. The second-order valence-corrected chi connectivity index (χ2v) is 7.76. The van der Waals surface area contributed by atoms with Crippen LogP contribution in [0.4, 0.5) is 8.78 Å². The average molecular weight is 441 g/mol. The lowest BCUT2D eigenvalue weighted by molar-refractivity contribution is 0.395. The molecule has 0 radical (unpaired) electrons. The summed E-state index contributed by atoms with van der Waals surface area (Å²) in [5.74, 6) is 0.0494. The SMILES string of the molecule is CCCCN1C(=S)NC(c2ccc(F)cc2)C(c2nc(-c3ccc(F)cc3)no2)=C1C. The average Bonchev–Trinajstić information content (AvgIpc) is 3.24. The normalized spacial score (nSPS) is 16.6. The predicted octanol–water partition coefficient (Wildman–Crippen LogP) is 5.48. The summed E-state index contributed by atoms with van der Waals surface area (Å²) >= 11 is 5.62. The second-order valence-electron chi connectivity index (χ2n) is 7.37. The molecule has 8 heteroatoms. The maximum Gasteiger partial charge on any atom is 0.258 e. The number of thiocarbonyl (C=S) groups is 1. The molecule has 1 N–H and O–H groups in total. The summed E-state index contributed by atoms with van der Waals surface area (Å²) in [6, 6.07) is 11.8. The first-order chi connectivity index (χ1) is 15.0. The van der Waals surface area contributed by atoms with E-state index in [-0.39, 0.29) is 17.7 Å². The first-order valence-electron chi connectivity index (χ1n) is 10.1. The molecule has 3 aromatic rings. The number of hydrogen-bond acceptors (Lipinski definition) is 4. The van der Waals surface area contributed by atoms with Crippen LogP contribution < -0.4 is 5.32 Å². The molecule has 1 aliphatic heterocycles. The van der Waals surface area contributed by atoms with Crippen molar-refractivity contribution in [3.8, 4) is 11.4 Å². The van der Waals surface area contributed by atoms with Gasteiger partial charge in [-0.15, -0.1) is 0 Å². The van der Waals surface area contributed by atoms with Crippen LogP contribution >= 0.6 is 12.2 Å². The standard InChI is InChI=1S/C23H22F2N4OS/c1-3-4-13-29-14(2)19(20(26-23(29)31)15-5-9-17(24)10-6-15)22-27-21(28-30-22)16-7-11-18(25)12-8-16/h5-12,20H,3-4,13H2,1-2H3,(H,26,31). The first kappa shape index (κ1) is 21.1. The van der Waals surface area contributed by atoms with Crippen LogP contribution in [-0.4, -0.2) is 26.7 Å². The fraction of sp³-hybridized carbons (Fsp3) is 0.261. The topological polar surface area (TPSA) is 54.2 Å². The molecule has 0 bridgehead atoms. The number of unbranched alkanes of at least 4 members (excludes halogenated alkanes) is 1. The van der Waals surface area contributed by atoms with Gasteiger partial charge >= 0.3 is 0 Å². The zero-order valence-corrected chi connectivity index (χ0v) is 18.0. The van der Waals surface area contributed by atoms with Crippen molar-refractivity contribution in [3.63, 3.8) is 0 Å². The Morgan fingerprint density at radius 2 is 1.71 bits per heavy atom. The van der Waals surface area contributed by atoms with E-state index < -0.39 is 0 Å². The van der Waals surface area contributed by atoms with Gasteiger partial charge in [-0.3, -0.25) is 0 Å². The van der Waals surface area contributed by atoms with Crippen LogP contribution in [-0.2, 0) is 0 Å². The highest BCUT2D eigenvalue weighted by atomic mass is 32.1. The Labute approximate surface area is 184 Å². The highest BCUT2D eigenvalue weighted by Gasteiger charge is 2.33. The minimum atomic E-state index is -0.368. The van der Waals surface area contributed by atoms with Crippen molar-refractivity contribution in [3.05, 3.63) is 77.3 Å². The van der Waals surface area contributed by atoms with Gasteiger partial charge in [0.2, 0.25) is 5.82 Å². The summed E-state index contributed by atoms with van der Waals surface area (Å²) < 4.78 is 32.4. The Balaban J connectivity index is 1.78. The lowest BCUT2D eigenvalue weighted by Crippen LogP contribution is -2.46. The first-order valence-corrected chi connectivity index (χ1v) is 10.5. The molecule has 0 fully saturated rings. The Morgan fingerprint density at radius 1 is 1.06 bits per heavy atom. The third-order valence-electron chi connectivity index (χ3n) is 5.29. The van der Waals surface area contributed by atoms with Gasteiger partial charge in [0.1, 0.15) is 11.6 Å². The Kier molecular flexibility index (Phi) is 6.08. The predicted molar refractivity (Wildman–Crippen MR) is 119 cm³/mol. The number of allylic oxidation sites excluding steroid dienone is 1. The lowest BCUT2D eigenvalue weighted by atomic mass is 9.94. The minimum absolute atomic E-state index is 0.314. The molecule has 0 saturated carbocycles. The van der Waals surface area contributed by atoms with Gasteiger partial charge in [-0.2, -0.15) is 4.98 Å². The van der Waals surface area contributed by atoms with Crippen molar-refractivity contribution in [2.75, 3.05) is 6.54 Å². The summed E-state index contributed by atoms with van der Waals surface area (Å²) in [5.41, 5.74) is 3.16. The van der Waals surface area contributed by atoms with E-state index in [2.05, 4.69) is 22.4 Å². The van der Waals surface area contributed by atoms with Crippen molar-refractivity contribution < 1.29 is 13.3 Å². The summed E-state index contributed by atoms with van der Waals surface area (Å²) in [7, 11) is 0. The summed E-state index contributed by atoms with van der Waals surface area (Å²) in [6.45, 7) is 4.85. The smallest absolute Gasteiger partial charge is 0.258 e. The third-order valence-corrected chi connectivity index (χ3v) is 5.63. The van der Waals surface area contributed by atoms with E-state index in [1.165, 1.54) is 24.3 Å². The van der Waals surface area contributed by atoms with Gasteiger partial charge in [0.15, 0.2) is 5.11 Å². The molecule has 0 spiro atoms. The molecule has 2 aromatic carbocycles. The quantitative estimate of drug-likeness (QED) is 0.513. The fourth-order valence-electron chi connectivity index (χ4n) is 3.60. The van der Waals surface area contributed by atoms with Gasteiger partial charge in [0.05, 0.1) is 11.6 Å². The molecule has 2 heterocycles. The zero-order chi connectivity index (χ0) is 22.0. The van der Waals surface area contributed by atoms with Crippen LogP contribution in [0, 0.1) is 11.6 Å². The molecular formula is C23H22F2N4OS. The molecule has 31 heavy (non-hydrogen) atoms. The van der Waals surface area contributed by atoms with E-state index in [1.807, 2.05) is 11.8 Å². The molecule has 1 unspecified atom stereocenters. The molecule has 1 aliphatic rings. The van der Waals surface area contributed by atoms with Crippen molar-refractivity contribution in [1.29, 1.82) is 0 Å². The molecule has 160 valence electrons. The maximum atomic E-state index is 13.5. The highest BCUT2D eigenvalue weighted by molar-refractivity contribution is 7.80. The molecule has 0 amide bonds. The number of benzene rings is 2. The van der Waals surface area contributed by atoms with Crippen molar-refractivity contribution in [2.45, 2.75) is 32.7 Å². The largest absolute Gasteiger partial charge is 0.351 e. The van der Waals surface area contributed by atoms with E-state index in [4.69, 9.17) is 16.7 Å². The van der Waals surface area contributed by atoms with Crippen molar-refractivity contribution in [1.82, 2.24) is 20.4 Å². The lowest BCUT2D eigenvalue weighted by Gasteiger charge is -2.37. The number of halogens is 2. The van der Waals surface area contributed by atoms with Gasteiger partial charge in [0.25, 0.3) is 5.89 Å². The van der Waals surface area contributed by atoms with Crippen LogP contribution in [0.25, 0.3) is 17.0 Å². The van der Waals surface area contributed by atoms with Gasteiger partial charge < -0.3 is 14.7 Å². The van der Waals surface area contributed by atoms with Crippen LogP contribution in [0.15, 0.2) is 58.8 Å². The number of rotatable bonds is 6. The third kappa shape index (κ3) is 4.34. The molecule has 1 aromatic heterocycles.